The van der Waals surface area contributed by atoms with Gasteiger partial charge >= 0.3 is 6.09 Å². The molecule has 0 bridgehead atoms. The molecule has 0 spiro atoms. The minimum atomic E-state index is -1.25. The number of hydrogen-bond acceptors (Lipinski definition) is 6. The average molecular weight is 274 g/mol. The van der Waals surface area contributed by atoms with Crippen molar-refractivity contribution in [3.8, 4) is 0 Å². The van der Waals surface area contributed by atoms with Gasteiger partial charge in [0.15, 0.2) is 6.29 Å². The first-order valence-electron chi connectivity index (χ1n) is 6.15. The van der Waals surface area contributed by atoms with Crippen molar-refractivity contribution in [3.63, 3.8) is 0 Å². The van der Waals surface area contributed by atoms with E-state index >= 15 is 0 Å². The van der Waals surface area contributed by atoms with Crippen molar-refractivity contribution in [1.29, 1.82) is 0 Å². The highest BCUT2D eigenvalue weighted by Gasteiger charge is 2.37. The van der Waals surface area contributed by atoms with E-state index in [4.69, 9.17) is 9.47 Å². The summed E-state index contributed by atoms with van der Waals surface area (Å²) in [4.78, 5) is 13.1. The molecule has 110 valence electrons. The van der Waals surface area contributed by atoms with Crippen LogP contribution < -0.4 is 5.32 Å². The lowest BCUT2D eigenvalue weighted by Gasteiger charge is -2.40. The van der Waals surface area contributed by atoms with E-state index in [0.29, 0.717) is 6.42 Å². The Morgan fingerprint density at radius 2 is 2.26 bits per heavy atom. The Hall–Kier alpha value is -1.15. The number of aliphatic hydroxyl groups excluding tert-OH is 2. The lowest BCUT2D eigenvalue weighted by atomic mass is 9.98. The highest BCUT2D eigenvalue weighted by molar-refractivity contribution is 5.67. The molecule has 0 aliphatic carbocycles. The number of rotatable bonds is 5. The van der Waals surface area contributed by atoms with Gasteiger partial charge in [0.05, 0.1) is 6.10 Å². The number of hydrogen-bond donors (Lipinski definition) is 3. The predicted octanol–water partition coefficient (Wildman–Crippen LogP) is -0.703. The number of alkyl carbamates (subject to hydrolysis) is 1. The molecule has 1 saturated heterocycles. The van der Waals surface area contributed by atoms with Gasteiger partial charge in [-0.3, -0.25) is 0 Å². The van der Waals surface area contributed by atoms with E-state index in [9.17, 15) is 15.0 Å². The van der Waals surface area contributed by atoms with E-state index in [1.165, 1.54) is 6.08 Å². The molecule has 0 aromatic rings. The number of amides is 1. The number of nitrogens with zero attached hydrogens (tertiary/aromatic N) is 1. The fraction of sp³-hybridized carbons (Fsp3) is 0.750. The standard InChI is InChI=1S/C12H22N2O5/c1-4-5-18-12(17)13-7-8-6-9(14(2)3)10(15)11(16)19-8/h4,8-11,15-16H,1,5-7H2,2-3H3,(H,13,17)/t8?,9?,10?,11-/m1/s1. The molecule has 0 aromatic carbocycles. The zero-order valence-electron chi connectivity index (χ0n) is 11.3. The van der Waals surface area contributed by atoms with Crippen LogP contribution in [-0.2, 0) is 9.47 Å². The first kappa shape index (κ1) is 15.9. The van der Waals surface area contributed by atoms with Gasteiger partial charge in [0.25, 0.3) is 0 Å². The fourth-order valence-corrected chi connectivity index (χ4v) is 1.96. The Morgan fingerprint density at radius 3 is 2.84 bits per heavy atom. The first-order chi connectivity index (χ1) is 8.95. The zero-order chi connectivity index (χ0) is 14.4. The van der Waals surface area contributed by atoms with Crippen LogP contribution in [-0.4, -0.2) is 73.0 Å². The van der Waals surface area contributed by atoms with E-state index in [2.05, 4.69) is 11.9 Å². The summed E-state index contributed by atoms with van der Waals surface area (Å²) in [6.45, 7) is 3.78. The molecule has 7 heteroatoms. The largest absolute Gasteiger partial charge is 0.445 e. The normalized spacial score (nSPS) is 31.0. The summed E-state index contributed by atoms with van der Waals surface area (Å²) < 4.78 is 9.98. The highest BCUT2D eigenvalue weighted by Crippen LogP contribution is 2.21. The molecule has 4 atom stereocenters. The summed E-state index contributed by atoms with van der Waals surface area (Å²) in [6, 6.07) is -0.222. The lowest BCUT2D eigenvalue weighted by molar-refractivity contribution is -0.232. The van der Waals surface area contributed by atoms with Gasteiger partial charge in [0.2, 0.25) is 0 Å². The van der Waals surface area contributed by atoms with Crippen LogP contribution in [0.1, 0.15) is 6.42 Å². The third-order valence-corrected chi connectivity index (χ3v) is 2.99. The number of aliphatic hydroxyl groups is 2. The van der Waals surface area contributed by atoms with Crippen LogP contribution in [0.3, 0.4) is 0 Å². The Balaban J connectivity index is 2.42. The predicted molar refractivity (Wildman–Crippen MR) is 68.5 cm³/mol. The molecule has 7 nitrogen and oxygen atoms in total. The molecular formula is C12H22N2O5. The third kappa shape index (κ3) is 4.79. The van der Waals surface area contributed by atoms with Gasteiger partial charge in [-0.15, -0.1) is 0 Å². The number of carbonyl (C=O) groups excluding carboxylic acids is 1. The van der Waals surface area contributed by atoms with Crippen molar-refractivity contribution in [2.24, 2.45) is 0 Å². The van der Waals surface area contributed by atoms with Crippen molar-refractivity contribution in [1.82, 2.24) is 10.2 Å². The second-order valence-electron chi connectivity index (χ2n) is 4.67. The molecule has 1 amide bonds. The molecule has 1 aliphatic rings. The van der Waals surface area contributed by atoms with Crippen LogP contribution in [0.5, 0.6) is 0 Å². The van der Waals surface area contributed by atoms with Crippen LogP contribution in [0.15, 0.2) is 12.7 Å². The summed E-state index contributed by atoms with van der Waals surface area (Å²) in [5.74, 6) is 0. The van der Waals surface area contributed by atoms with Crippen LogP contribution >= 0.6 is 0 Å². The molecule has 1 heterocycles. The van der Waals surface area contributed by atoms with E-state index < -0.39 is 18.5 Å². The SMILES string of the molecule is C=CCOC(=O)NCC1CC(N(C)C)C(O)[C@H](O)O1. The van der Waals surface area contributed by atoms with Gasteiger partial charge < -0.3 is 29.9 Å². The molecular weight excluding hydrogens is 252 g/mol. The molecule has 3 unspecified atom stereocenters. The summed E-state index contributed by atoms with van der Waals surface area (Å²) >= 11 is 0. The Kier molecular flexibility index (Phi) is 6.23. The maximum atomic E-state index is 11.2. The monoisotopic (exact) mass is 274 g/mol. The minimum Gasteiger partial charge on any atom is -0.445 e. The number of likely N-dealkylation sites (N-methyl/N-ethyl adjacent to an activating group) is 1. The summed E-state index contributed by atoms with van der Waals surface area (Å²) in [7, 11) is 3.63. The second kappa shape index (κ2) is 7.44. The van der Waals surface area contributed by atoms with E-state index in [0.717, 1.165) is 0 Å². The number of ether oxygens (including phenoxy) is 2. The average Bonchev–Trinajstić information content (AvgIpc) is 2.37. The quantitative estimate of drug-likeness (QED) is 0.574. The topological polar surface area (TPSA) is 91.3 Å². The van der Waals surface area contributed by atoms with Crippen molar-refractivity contribution < 1.29 is 24.5 Å². The molecule has 0 aromatic heterocycles. The van der Waals surface area contributed by atoms with Crippen LogP contribution in [0.25, 0.3) is 0 Å². The molecule has 3 N–H and O–H groups in total. The van der Waals surface area contributed by atoms with Crippen LogP contribution in [0.4, 0.5) is 4.79 Å². The molecule has 1 aliphatic heterocycles. The number of nitrogens with one attached hydrogen (secondary N) is 1. The lowest BCUT2D eigenvalue weighted by Crippen LogP contribution is -2.55. The molecule has 1 rings (SSSR count). The van der Waals surface area contributed by atoms with Gasteiger partial charge in [0.1, 0.15) is 12.7 Å². The van der Waals surface area contributed by atoms with Crippen LogP contribution in [0, 0.1) is 0 Å². The van der Waals surface area contributed by atoms with Gasteiger partial charge in [-0.05, 0) is 20.5 Å². The zero-order valence-corrected chi connectivity index (χ0v) is 11.3. The van der Waals surface area contributed by atoms with Gasteiger partial charge in [-0.1, -0.05) is 12.7 Å². The Morgan fingerprint density at radius 1 is 1.58 bits per heavy atom. The molecule has 19 heavy (non-hydrogen) atoms. The van der Waals surface area contributed by atoms with E-state index in [-0.39, 0.29) is 25.3 Å². The molecule has 0 saturated carbocycles. The first-order valence-corrected chi connectivity index (χ1v) is 6.15. The van der Waals surface area contributed by atoms with Crippen molar-refractivity contribution in [2.75, 3.05) is 27.2 Å². The van der Waals surface area contributed by atoms with Gasteiger partial charge in [0, 0.05) is 12.6 Å². The second-order valence-corrected chi connectivity index (χ2v) is 4.67. The highest BCUT2D eigenvalue weighted by atomic mass is 16.6. The molecule has 0 radical (unpaired) electrons. The summed E-state index contributed by atoms with van der Waals surface area (Å²) in [5.41, 5.74) is 0. The maximum Gasteiger partial charge on any atom is 0.407 e. The maximum absolute atomic E-state index is 11.2. The van der Waals surface area contributed by atoms with Gasteiger partial charge in [-0.25, -0.2) is 4.79 Å². The molecule has 1 fully saturated rings. The third-order valence-electron chi connectivity index (χ3n) is 2.99. The Labute approximate surface area is 112 Å². The smallest absolute Gasteiger partial charge is 0.407 e. The van der Waals surface area contributed by atoms with Crippen molar-refractivity contribution in [3.05, 3.63) is 12.7 Å². The fourth-order valence-electron chi connectivity index (χ4n) is 1.96. The van der Waals surface area contributed by atoms with E-state index in [1.54, 1.807) is 0 Å². The minimum absolute atomic E-state index is 0.138. The summed E-state index contributed by atoms with van der Waals surface area (Å²) in [5, 5.41) is 21.9. The van der Waals surface area contributed by atoms with Crippen molar-refractivity contribution >= 4 is 6.09 Å². The van der Waals surface area contributed by atoms with Crippen molar-refractivity contribution in [2.45, 2.75) is 31.0 Å². The Bertz CT molecular complexity index is 310. The van der Waals surface area contributed by atoms with E-state index in [1.807, 2.05) is 19.0 Å². The summed E-state index contributed by atoms with van der Waals surface area (Å²) in [6.07, 6.45) is -1.17. The van der Waals surface area contributed by atoms with Gasteiger partial charge in [-0.2, -0.15) is 0 Å². The number of carbonyl (C=O) groups is 1. The van der Waals surface area contributed by atoms with Crippen LogP contribution in [0.2, 0.25) is 0 Å².